The SMILES string of the molecule is Cc1ccc(Nc2cc(NCCN)c3[nH]c4ccc(Cl)cc4c3c2)cc1Cl. The number of anilines is 3. The second-order valence-corrected chi connectivity index (χ2v) is 7.41. The van der Waals surface area contributed by atoms with Gasteiger partial charge in [0, 0.05) is 50.8 Å². The summed E-state index contributed by atoms with van der Waals surface area (Å²) in [6.07, 6.45) is 0. The van der Waals surface area contributed by atoms with E-state index in [0.717, 1.165) is 49.5 Å². The summed E-state index contributed by atoms with van der Waals surface area (Å²) in [7, 11) is 0. The third-order valence-corrected chi connectivity index (χ3v) is 5.23. The van der Waals surface area contributed by atoms with E-state index in [-0.39, 0.29) is 0 Å². The number of nitrogens with two attached hydrogens (primary N) is 1. The normalized spacial score (nSPS) is 11.3. The number of halogens is 2. The maximum absolute atomic E-state index is 6.27. The molecule has 0 aliphatic carbocycles. The summed E-state index contributed by atoms with van der Waals surface area (Å²) >= 11 is 12.5. The zero-order valence-corrected chi connectivity index (χ0v) is 16.4. The van der Waals surface area contributed by atoms with Gasteiger partial charge in [0.1, 0.15) is 0 Å². The minimum Gasteiger partial charge on any atom is -0.382 e. The number of nitrogens with one attached hydrogen (secondary N) is 3. The Hall–Kier alpha value is -2.40. The van der Waals surface area contributed by atoms with Gasteiger partial charge in [-0.1, -0.05) is 29.3 Å². The average Bonchev–Trinajstić information content (AvgIpc) is 3.01. The number of benzene rings is 3. The van der Waals surface area contributed by atoms with Crippen LogP contribution >= 0.6 is 23.2 Å². The van der Waals surface area contributed by atoms with Gasteiger partial charge in [0.25, 0.3) is 0 Å². The lowest BCUT2D eigenvalue weighted by Crippen LogP contribution is -2.13. The van der Waals surface area contributed by atoms with Crippen molar-refractivity contribution in [3.63, 3.8) is 0 Å². The molecule has 0 aliphatic heterocycles. The lowest BCUT2D eigenvalue weighted by molar-refractivity contribution is 1.03. The Labute approximate surface area is 167 Å². The summed E-state index contributed by atoms with van der Waals surface area (Å²) in [4.78, 5) is 3.48. The van der Waals surface area contributed by atoms with Crippen molar-refractivity contribution in [3.8, 4) is 0 Å². The molecule has 4 nitrogen and oxygen atoms in total. The highest BCUT2D eigenvalue weighted by Crippen LogP contribution is 2.36. The molecule has 1 aromatic heterocycles. The second-order valence-electron chi connectivity index (χ2n) is 6.57. The Morgan fingerprint density at radius 1 is 0.963 bits per heavy atom. The van der Waals surface area contributed by atoms with Crippen molar-refractivity contribution in [2.45, 2.75) is 6.92 Å². The van der Waals surface area contributed by atoms with Crippen LogP contribution in [0.2, 0.25) is 10.0 Å². The molecule has 27 heavy (non-hydrogen) atoms. The van der Waals surface area contributed by atoms with Crippen molar-refractivity contribution in [1.82, 2.24) is 4.98 Å². The Kier molecular flexibility index (Phi) is 4.87. The van der Waals surface area contributed by atoms with Gasteiger partial charge in [0.05, 0.1) is 11.2 Å². The van der Waals surface area contributed by atoms with Crippen molar-refractivity contribution in [1.29, 1.82) is 0 Å². The molecule has 6 heteroatoms. The number of aromatic nitrogens is 1. The van der Waals surface area contributed by atoms with E-state index in [0.29, 0.717) is 18.1 Å². The van der Waals surface area contributed by atoms with Crippen LogP contribution in [0.1, 0.15) is 5.56 Å². The van der Waals surface area contributed by atoms with Gasteiger partial charge in [0.15, 0.2) is 0 Å². The fraction of sp³-hybridized carbons (Fsp3) is 0.143. The first-order valence-electron chi connectivity index (χ1n) is 8.77. The third-order valence-electron chi connectivity index (χ3n) is 4.59. The Balaban J connectivity index is 1.85. The van der Waals surface area contributed by atoms with Gasteiger partial charge >= 0.3 is 0 Å². The van der Waals surface area contributed by atoms with Crippen LogP contribution in [0.5, 0.6) is 0 Å². The Morgan fingerprint density at radius 3 is 2.59 bits per heavy atom. The zero-order chi connectivity index (χ0) is 19.0. The van der Waals surface area contributed by atoms with E-state index in [4.69, 9.17) is 28.9 Å². The Bertz CT molecular complexity index is 1130. The minimum absolute atomic E-state index is 0.554. The van der Waals surface area contributed by atoms with E-state index in [1.54, 1.807) is 0 Å². The molecule has 1 heterocycles. The molecule has 0 saturated carbocycles. The highest BCUT2D eigenvalue weighted by atomic mass is 35.5. The van der Waals surface area contributed by atoms with Gasteiger partial charge in [-0.05, 0) is 55.0 Å². The first-order valence-corrected chi connectivity index (χ1v) is 9.53. The van der Waals surface area contributed by atoms with Crippen LogP contribution in [0.3, 0.4) is 0 Å². The van der Waals surface area contributed by atoms with Crippen LogP contribution in [-0.2, 0) is 0 Å². The molecule has 4 aromatic rings. The monoisotopic (exact) mass is 398 g/mol. The number of fused-ring (bicyclic) bond motifs is 3. The van der Waals surface area contributed by atoms with Gasteiger partial charge in [-0.25, -0.2) is 0 Å². The van der Waals surface area contributed by atoms with Gasteiger partial charge in [-0.15, -0.1) is 0 Å². The molecule has 0 radical (unpaired) electrons. The summed E-state index contributed by atoms with van der Waals surface area (Å²) in [5, 5.41) is 10.5. The number of aryl methyl sites for hydroxylation is 1. The zero-order valence-electron chi connectivity index (χ0n) is 14.9. The molecule has 0 unspecified atom stereocenters. The third kappa shape index (κ3) is 3.56. The molecule has 138 valence electrons. The van der Waals surface area contributed by atoms with Gasteiger partial charge < -0.3 is 21.4 Å². The fourth-order valence-electron chi connectivity index (χ4n) is 3.23. The summed E-state index contributed by atoms with van der Waals surface area (Å²) in [5.41, 5.74) is 11.7. The van der Waals surface area contributed by atoms with E-state index in [2.05, 4.69) is 27.8 Å². The quantitative estimate of drug-likeness (QED) is 0.330. The van der Waals surface area contributed by atoms with Crippen LogP contribution < -0.4 is 16.4 Å². The molecule has 0 saturated heterocycles. The highest BCUT2D eigenvalue weighted by Gasteiger charge is 2.11. The molecule has 3 aromatic carbocycles. The van der Waals surface area contributed by atoms with Crippen LogP contribution in [0, 0.1) is 6.92 Å². The Morgan fingerprint density at radius 2 is 1.81 bits per heavy atom. The van der Waals surface area contributed by atoms with E-state index in [1.807, 2.05) is 43.3 Å². The lowest BCUT2D eigenvalue weighted by Gasteiger charge is -2.12. The predicted octanol–water partition coefficient (Wildman–Crippen LogP) is 6.05. The topological polar surface area (TPSA) is 65.9 Å². The van der Waals surface area contributed by atoms with E-state index >= 15 is 0 Å². The maximum atomic E-state index is 6.27. The van der Waals surface area contributed by atoms with Crippen LogP contribution in [0.25, 0.3) is 21.8 Å². The number of hydrogen-bond acceptors (Lipinski definition) is 3. The molecular weight excluding hydrogens is 379 g/mol. The molecule has 0 bridgehead atoms. The number of rotatable bonds is 5. The smallest absolute Gasteiger partial charge is 0.0702 e. The molecule has 0 atom stereocenters. The molecule has 0 aliphatic rings. The lowest BCUT2D eigenvalue weighted by atomic mass is 10.1. The van der Waals surface area contributed by atoms with Gasteiger partial charge in [-0.2, -0.15) is 0 Å². The highest BCUT2D eigenvalue weighted by molar-refractivity contribution is 6.32. The van der Waals surface area contributed by atoms with Crippen LogP contribution in [0.4, 0.5) is 17.1 Å². The van der Waals surface area contributed by atoms with Crippen molar-refractivity contribution in [2.75, 3.05) is 23.7 Å². The van der Waals surface area contributed by atoms with E-state index in [1.165, 1.54) is 0 Å². The molecule has 0 fully saturated rings. The number of hydrogen-bond donors (Lipinski definition) is 4. The summed E-state index contributed by atoms with van der Waals surface area (Å²) in [6, 6.07) is 16.0. The second kappa shape index (κ2) is 7.31. The standard InChI is InChI=1S/C21H20Cl2N4/c1-12-2-4-14(10-18(12)23)26-15-9-17-16-8-13(22)3-5-19(16)27-21(17)20(11-15)25-7-6-24/h2-5,8-11,25-27H,6-7,24H2,1H3. The summed E-state index contributed by atoms with van der Waals surface area (Å²) in [6.45, 7) is 3.23. The molecule has 5 N–H and O–H groups in total. The van der Waals surface area contributed by atoms with Gasteiger partial charge in [-0.3, -0.25) is 0 Å². The van der Waals surface area contributed by atoms with Crippen molar-refractivity contribution in [3.05, 3.63) is 64.1 Å². The molecule has 0 amide bonds. The van der Waals surface area contributed by atoms with Crippen molar-refractivity contribution >= 4 is 62.1 Å². The predicted molar refractivity (Wildman–Crippen MR) is 118 cm³/mol. The van der Waals surface area contributed by atoms with Crippen LogP contribution in [-0.4, -0.2) is 18.1 Å². The minimum atomic E-state index is 0.554. The number of aromatic amines is 1. The van der Waals surface area contributed by atoms with Crippen molar-refractivity contribution < 1.29 is 0 Å². The number of H-pyrrole nitrogens is 1. The maximum Gasteiger partial charge on any atom is 0.0702 e. The van der Waals surface area contributed by atoms with E-state index < -0.39 is 0 Å². The average molecular weight is 399 g/mol. The fourth-order valence-corrected chi connectivity index (χ4v) is 3.58. The van der Waals surface area contributed by atoms with Crippen molar-refractivity contribution in [2.24, 2.45) is 5.73 Å². The first-order chi connectivity index (χ1) is 13.0. The van der Waals surface area contributed by atoms with Gasteiger partial charge in [0.2, 0.25) is 0 Å². The summed E-state index contributed by atoms with van der Waals surface area (Å²) < 4.78 is 0. The summed E-state index contributed by atoms with van der Waals surface area (Å²) in [5.74, 6) is 0. The van der Waals surface area contributed by atoms with E-state index in [9.17, 15) is 0 Å². The van der Waals surface area contributed by atoms with Crippen LogP contribution in [0.15, 0.2) is 48.5 Å². The molecular formula is C21H20Cl2N4. The largest absolute Gasteiger partial charge is 0.382 e. The molecule has 4 rings (SSSR count). The molecule has 0 spiro atoms. The first kappa shape index (κ1) is 18.0.